The molecule has 0 radical (unpaired) electrons. The van der Waals surface area contributed by atoms with Crippen LogP contribution in [0.5, 0.6) is 5.75 Å². The summed E-state index contributed by atoms with van der Waals surface area (Å²) < 4.78 is 25.7. The zero-order valence-electron chi connectivity index (χ0n) is 6.81. The van der Waals surface area contributed by atoms with Crippen LogP contribution >= 0.6 is 15.9 Å². The molecule has 0 aliphatic rings. The molecule has 0 unspecified atom stereocenters. The van der Waals surface area contributed by atoms with Crippen LogP contribution in [0.15, 0.2) is 10.5 Å². The molecule has 5 heteroatoms. The van der Waals surface area contributed by atoms with Crippen molar-refractivity contribution in [1.29, 1.82) is 0 Å². The molecule has 1 rings (SSSR count). The minimum absolute atomic E-state index is 0.0896. The zero-order chi connectivity index (χ0) is 10.2. The van der Waals surface area contributed by atoms with Crippen molar-refractivity contribution in [3.8, 4) is 5.75 Å². The molecule has 0 amide bonds. The van der Waals surface area contributed by atoms with E-state index in [0.29, 0.717) is 6.07 Å². The summed E-state index contributed by atoms with van der Waals surface area (Å²) in [6.07, 6.45) is 0. The number of hydrogen-bond donors (Lipinski definition) is 2. The summed E-state index contributed by atoms with van der Waals surface area (Å²) in [5.41, 5.74) is 5.30. The summed E-state index contributed by atoms with van der Waals surface area (Å²) in [5, 5.41) is 9.32. The maximum Gasteiger partial charge on any atom is 0.144 e. The van der Waals surface area contributed by atoms with Gasteiger partial charge in [-0.1, -0.05) is 0 Å². The van der Waals surface area contributed by atoms with Crippen molar-refractivity contribution in [3.05, 3.63) is 27.7 Å². The lowest BCUT2D eigenvalue weighted by molar-refractivity contribution is 0.438. The summed E-state index contributed by atoms with van der Waals surface area (Å²) in [4.78, 5) is 0. The van der Waals surface area contributed by atoms with E-state index in [1.807, 2.05) is 0 Å². The second-order valence-electron chi connectivity index (χ2n) is 2.71. The Hall–Kier alpha value is -0.680. The average Bonchev–Trinajstić information content (AvgIpc) is 1.99. The highest BCUT2D eigenvalue weighted by molar-refractivity contribution is 9.10. The van der Waals surface area contributed by atoms with Crippen molar-refractivity contribution in [3.63, 3.8) is 0 Å². The number of aromatic hydroxyl groups is 1. The first kappa shape index (κ1) is 10.4. The number of benzene rings is 1. The van der Waals surface area contributed by atoms with Gasteiger partial charge in [-0.25, -0.2) is 8.78 Å². The standard InChI is InChI=1S/C8H8BrF2NO/c1-3(12)6-4(10)2-5(11)7(9)8(6)13/h2-3,13H,12H2,1H3/t3-/m1/s1. The highest BCUT2D eigenvalue weighted by atomic mass is 79.9. The van der Waals surface area contributed by atoms with Gasteiger partial charge in [0, 0.05) is 17.7 Å². The van der Waals surface area contributed by atoms with Gasteiger partial charge in [-0.2, -0.15) is 0 Å². The first-order valence-electron chi connectivity index (χ1n) is 3.57. The minimum Gasteiger partial charge on any atom is -0.506 e. The third kappa shape index (κ3) is 1.81. The van der Waals surface area contributed by atoms with Crippen LogP contribution in [0.2, 0.25) is 0 Å². The van der Waals surface area contributed by atoms with E-state index in [1.54, 1.807) is 0 Å². The highest BCUT2D eigenvalue weighted by Gasteiger charge is 2.18. The normalized spacial score (nSPS) is 13.0. The average molecular weight is 252 g/mol. The monoisotopic (exact) mass is 251 g/mol. The van der Waals surface area contributed by atoms with Crippen LogP contribution in [0.25, 0.3) is 0 Å². The molecule has 0 spiro atoms. The number of hydrogen-bond acceptors (Lipinski definition) is 2. The van der Waals surface area contributed by atoms with E-state index in [0.717, 1.165) is 0 Å². The Morgan fingerprint density at radius 1 is 1.46 bits per heavy atom. The van der Waals surface area contributed by atoms with E-state index >= 15 is 0 Å². The maximum absolute atomic E-state index is 13.0. The minimum atomic E-state index is -0.848. The summed E-state index contributed by atoms with van der Waals surface area (Å²) in [5.74, 6) is -2.17. The van der Waals surface area contributed by atoms with Gasteiger partial charge in [-0.3, -0.25) is 0 Å². The van der Waals surface area contributed by atoms with Crippen molar-refractivity contribution in [2.45, 2.75) is 13.0 Å². The fourth-order valence-electron chi connectivity index (χ4n) is 1.03. The number of nitrogens with two attached hydrogens (primary N) is 1. The van der Waals surface area contributed by atoms with Gasteiger partial charge in [0.05, 0.1) is 4.47 Å². The largest absolute Gasteiger partial charge is 0.506 e. The van der Waals surface area contributed by atoms with Gasteiger partial charge in [-0.05, 0) is 22.9 Å². The predicted octanol–water partition coefficient (Wildman–Crippen LogP) is 2.45. The van der Waals surface area contributed by atoms with Crippen molar-refractivity contribution >= 4 is 15.9 Å². The number of phenolic OH excluding ortho intramolecular Hbond substituents is 1. The molecule has 0 saturated heterocycles. The lowest BCUT2D eigenvalue weighted by Gasteiger charge is -2.11. The van der Waals surface area contributed by atoms with E-state index in [1.165, 1.54) is 6.92 Å². The molecule has 1 atom stereocenters. The maximum atomic E-state index is 13.0. The molecule has 0 fully saturated rings. The SMILES string of the molecule is C[C@@H](N)c1c(F)cc(F)c(Br)c1O. The predicted molar refractivity (Wildman–Crippen MR) is 48.3 cm³/mol. The lowest BCUT2D eigenvalue weighted by Crippen LogP contribution is -2.08. The van der Waals surface area contributed by atoms with E-state index in [4.69, 9.17) is 5.73 Å². The Morgan fingerprint density at radius 3 is 2.46 bits per heavy atom. The van der Waals surface area contributed by atoms with Crippen LogP contribution in [0.3, 0.4) is 0 Å². The number of phenols is 1. The molecule has 1 aromatic carbocycles. The van der Waals surface area contributed by atoms with Crippen LogP contribution in [-0.2, 0) is 0 Å². The third-order valence-electron chi connectivity index (χ3n) is 1.64. The molecular formula is C8H8BrF2NO. The molecular weight excluding hydrogens is 244 g/mol. The van der Waals surface area contributed by atoms with E-state index in [9.17, 15) is 13.9 Å². The number of halogens is 3. The fraction of sp³-hybridized carbons (Fsp3) is 0.250. The molecule has 0 aromatic heterocycles. The smallest absolute Gasteiger partial charge is 0.144 e. The first-order valence-corrected chi connectivity index (χ1v) is 4.36. The molecule has 0 aliphatic heterocycles. The Labute approximate surface area is 82.5 Å². The molecule has 0 saturated carbocycles. The second-order valence-corrected chi connectivity index (χ2v) is 3.50. The van der Waals surface area contributed by atoms with Gasteiger partial charge in [0.1, 0.15) is 17.4 Å². The molecule has 0 bridgehead atoms. The van der Waals surface area contributed by atoms with Gasteiger partial charge >= 0.3 is 0 Å². The summed E-state index contributed by atoms with van der Waals surface area (Å²) in [6, 6.07) is -0.000394. The van der Waals surface area contributed by atoms with Crippen LogP contribution in [0.1, 0.15) is 18.5 Å². The van der Waals surface area contributed by atoms with Crippen molar-refractivity contribution in [2.24, 2.45) is 5.73 Å². The quantitative estimate of drug-likeness (QED) is 0.754. The summed E-state index contributed by atoms with van der Waals surface area (Å²) >= 11 is 2.79. The van der Waals surface area contributed by atoms with Crippen molar-refractivity contribution in [2.75, 3.05) is 0 Å². The van der Waals surface area contributed by atoms with Crippen LogP contribution in [0, 0.1) is 11.6 Å². The Morgan fingerprint density at radius 2 is 2.00 bits per heavy atom. The fourth-order valence-corrected chi connectivity index (χ4v) is 1.36. The second kappa shape index (κ2) is 3.59. The topological polar surface area (TPSA) is 46.2 Å². The third-order valence-corrected chi connectivity index (χ3v) is 2.39. The van der Waals surface area contributed by atoms with E-state index < -0.39 is 23.4 Å². The highest BCUT2D eigenvalue weighted by Crippen LogP contribution is 2.35. The molecule has 3 N–H and O–H groups in total. The van der Waals surface area contributed by atoms with E-state index in [2.05, 4.69) is 15.9 Å². The van der Waals surface area contributed by atoms with Crippen LogP contribution in [-0.4, -0.2) is 5.11 Å². The van der Waals surface area contributed by atoms with Gasteiger partial charge in [0.15, 0.2) is 0 Å². The summed E-state index contributed by atoms with van der Waals surface area (Å²) in [7, 11) is 0. The van der Waals surface area contributed by atoms with E-state index in [-0.39, 0.29) is 10.0 Å². The van der Waals surface area contributed by atoms with Gasteiger partial charge < -0.3 is 10.8 Å². The zero-order valence-corrected chi connectivity index (χ0v) is 8.40. The van der Waals surface area contributed by atoms with Crippen LogP contribution in [0.4, 0.5) is 8.78 Å². The molecule has 0 heterocycles. The first-order chi connectivity index (χ1) is 5.95. The Bertz CT molecular complexity index is 341. The van der Waals surface area contributed by atoms with Crippen molar-refractivity contribution in [1.82, 2.24) is 0 Å². The molecule has 1 aromatic rings. The van der Waals surface area contributed by atoms with Gasteiger partial charge in [-0.15, -0.1) is 0 Å². The Kier molecular flexibility index (Phi) is 2.87. The molecule has 2 nitrogen and oxygen atoms in total. The lowest BCUT2D eigenvalue weighted by atomic mass is 10.1. The Balaban J connectivity index is 3.44. The molecule has 0 aliphatic carbocycles. The van der Waals surface area contributed by atoms with Gasteiger partial charge in [0.25, 0.3) is 0 Å². The molecule has 72 valence electrons. The summed E-state index contributed by atoms with van der Waals surface area (Å²) in [6.45, 7) is 1.50. The van der Waals surface area contributed by atoms with Crippen LogP contribution < -0.4 is 5.73 Å². The molecule has 13 heavy (non-hydrogen) atoms. The number of rotatable bonds is 1. The van der Waals surface area contributed by atoms with Crippen molar-refractivity contribution < 1.29 is 13.9 Å². The van der Waals surface area contributed by atoms with Gasteiger partial charge in [0.2, 0.25) is 0 Å².